The summed E-state index contributed by atoms with van der Waals surface area (Å²) in [6.45, 7) is 0. The van der Waals surface area contributed by atoms with Crippen molar-refractivity contribution in [1.29, 1.82) is 0 Å². The SMILES string of the molecule is O=CCCCCCCC(c1ccccc1)c1cccnc1. The van der Waals surface area contributed by atoms with Crippen molar-refractivity contribution in [2.24, 2.45) is 0 Å². The largest absolute Gasteiger partial charge is 0.303 e. The Morgan fingerprint density at radius 1 is 0.905 bits per heavy atom. The molecule has 1 aromatic carbocycles. The van der Waals surface area contributed by atoms with Gasteiger partial charge < -0.3 is 4.79 Å². The lowest BCUT2D eigenvalue weighted by atomic mass is 9.87. The molecule has 0 aliphatic heterocycles. The van der Waals surface area contributed by atoms with E-state index in [1.807, 2.05) is 18.5 Å². The number of hydrogen-bond acceptors (Lipinski definition) is 2. The Balaban J connectivity index is 1.95. The fraction of sp³-hybridized carbons (Fsp3) is 0.368. The predicted molar refractivity (Wildman–Crippen MR) is 86.3 cm³/mol. The average molecular weight is 281 g/mol. The Hall–Kier alpha value is -1.96. The Morgan fingerprint density at radius 3 is 2.38 bits per heavy atom. The second-order valence-electron chi connectivity index (χ2n) is 5.41. The molecule has 1 atom stereocenters. The molecule has 0 aliphatic carbocycles. The van der Waals surface area contributed by atoms with Crippen molar-refractivity contribution >= 4 is 6.29 Å². The minimum Gasteiger partial charge on any atom is -0.303 e. The first kappa shape index (κ1) is 15.4. The third-order valence-corrected chi connectivity index (χ3v) is 3.85. The highest BCUT2D eigenvalue weighted by atomic mass is 16.1. The minimum atomic E-state index is 0.422. The molecule has 0 fully saturated rings. The summed E-state index contributed by atoms with van der Waals surface area (Å²) in [4.78, 5) is 14.6. The molecule has 0 N–H and O–H groups in total. The van der Waals surface area contributed by atoms with E-state index in [-0.39, 0.29) is 0 Å². The van der Waals surface area contributed by atoms with Crippen LogP contribution in [0.4, 0.5) is 0 Å². The van der Waals surface area contributed by atoms with Crippen LogP contribution < -0.4 is 0 Å². The van der Waals surface area contributed by atoms with Crippen molar-refractivity contribution in [3.63, 3.8) is 0 Å². The van der Waals surface area contributed by atoms with Crippen LogP contribution in [0.2, 0.25) is 0 Å². The van der Waals surface area contributed by atoms with Crippen LogP contribution in [0.5, 0.6) is 0 Å². The number of unbranched alkanes of at least 4 members (excludes halogenated alkanes) is 4. The number of aldehydes is 1. The number of carbonyl (C=O) groups excluding carboxylic acids is 1. The number of pyridine rings is 1. The molecule has 2 heteroatoms. The van der Waals surface area contributed by atoms with Gasteiger partial charge >= 0.3 is 0 Å². The molecule has 0 aliphatic rings. The van der Waals surface area contributed by atoms with Gasteiger partial charge in [-0.1, -0.05) is 55.7 Å². The highest BCUT2D eigenvalue weighted by molar-refractivity contribution is 5.48. The molecule has 1 aromatic heterocycles. The van der Waals surface area contributed by atoms with E-state index in [1.165, 1.54) is 24.0 Å². The lowest BCUT2D eigenvalue weighted by molar-refractivity contribution is -0.107. The maximum Gasteiger partial charge on any atom is 0.119 e. The van der Waals surface area contributed by atoms with Gasteiger partial charge in [0.25, 0.3) is 0 Å². The molecule has 0 radical (unpaired) electrons. The molecule has 110 valence electrons. The molecule has 2 nitrogen and oxygen atoms in total. The molecular formula is C19H23NO. The van der Waals surface area contributed by atoms with E-state index < -0.39 is 0 Å². The molecule has 0 spiro atoms. The van der Waals surface area contributed by atoms with Gasteiger partial charge in [-0.2, -0.15) is 0 Å². The molecule has 2 aromatic rings. The van der Waals surface area contributed by atoms with E-state index in [1.54, 1.807) is 0 Å². The second-order valence-corrected chi connectivity index (χ2v) is 5.41. The van der Waals surface area contributed by atoms with E-state index in [0.29, 0.717) is 12.3 Å². The van der Waals surface area contributed by atoms with Gasteiger partial charge in [-0.15, -0.1) is 0 Å². The van der Waals surface area contributed by atoms with Crippen LogP contribution >= 0.6 is 0 Å². The summed E-state index contributed by atoms with van der Waals surface area (Å²) in [5, 5.41) is 0. The zero-order chi connectivity index (χ0) is 14.8. The Kier molecular flexibility index (Phi) is 6.66. The van der Waals surface area contributed by atoms with Gasteiger partial charge in [0, 0.05) is 24.7 Å². The highest BCUT2D eigenvalue weighted by Gasteiger charge is 2.13. The van der Waals surface area contributed by atoms with Gasteiger partial charge in [0.15, 0.2) is 0 Å². The number of aromatic nitrogens is 1. The van der Waals surface area contributed by atoms with Crippen LogP contribution in [-0.4, -0.2) is 11.3 Å². The van der Waals surface area contributed by atoms with Crippen LogP contribution in [0.1, 0.15) is 55.6 Å². The maximum atomic E-state index is 10.3. The van der Waals surface area contributed by atoms with Gasteiger partial charge in [-0.25, -0.2) is 0 Å². The zero-order valence-electron chi connectivity index (χ0n) is 12.4. The predicted octanol–water partition coefficient (Wildman–Crippen LogP) is 4.75. The van der Waals surface area contributed by atoms with Crippen molar-refractivity contribution in [3.8, 4) is 0 Å². The van der Waals surface area contributed by atoms with E-state index >= 15 is 0 Å². The van der Waals surface area contributed by atoms with Crippen molar-refractivity contribution in [1.82, 2.24) is 4.98 Å². The van der Waals surface area contributed by atoms with Gasteiger partial charge in [-0.05, 0) is 30.0 Å². The van der Waals surface area contributed by atoms with Crippen LogP contribution in [-0.2, 0) is 4.79 Å². The van der Waals surface area contributed by atoms with Gasteiger partial charge in [0.1, 0.15) is 6.29 Å². The van der Waals surface area contributed by atoms with Crippen molar-refractivity contribution in [2.75, 3.05) is 0 Å². The first-order chi connectivity index (χ1) is 10.4. The lowest BCUT2D eigenvalue weighted by Gasteiger charge is -2.17. The van der Waals surface area contributed by atoms with Crippen LogP contribution in [0.15, 0.2) is 54.9 Å². The third kappa shape index (κ3) is 5.14. The van der Waals surface area contributed by atoms with E-state index in [4.69, 9.17) is 0 Å². The summed E-state index contributed by atoms with van der Waals surface area (Å²) < 4.78 is 0. The summed E-state index contributed by atoms with van der Waals surface area (Å²) in [5.74, 6) is 0.422. The van der Waals surface area contributed by atoms with Gasteiger partial charge in [-0.3, -0.25) is 4.98 Å². The highest BCUT2D eigenvalue weighted by Crippen LogP contribution is 2.29. The second kappa shape index (κ2) is 9.06. The molecule has 1 unspecified atom stereocenters. The molecule has 0 saturated heterocycles. The monoisotopic (exact) mass is 281 g/mol. The minimum absolute atomic E-state index is 0.422. The summed E-state index contributed by atoms with van der Waals surface area (Å²) in [5.41, 5.74) is 2.65. The summed E-state index contributed by atoms with van der Waals surface area (Å²) >= 11 is 0. The van der Waals surface area contributed by atoms with Crippen LogP contribution in [0.25, 0.3) is 0 Å². The molecule has 21 heavy (non-hydrogen) atoms. The molecule has 1 heterocycles. The molecular weight excluding hydrogens is 258 g/mol. The Labute approximate surface area is 127 Å². The smallest absolute Gasteiger partial charge is 0.119 e. The van der Waals surface area contributed by atoms with E-state index in [0.717, 1.165) is 25.5 Å². The third-order valence-electron chi connectivity index (χ3n) is 3.85. The topological polar surface area (TPSA) is 30.0 Å². The fourth-order valence-corrected chi connectivity index (χ4v) is 2.72. The fourth-order valence-electron chi connectivity index (χ4n) is 2.72. The molecule has 0 amide bonds. The van der Waals surface area contributed by atoms with Gasteiger partial charge in [0.2, 0.25) is 0 Å². The van der Waals surface area contributed by atoms with E-state index in [2.05, 4.69) is 41.4 Å². The number of rotatable bonds is 9. The maximum absolute atomic E-state index is 10.3. The summed E-state index contributed by atoms with van der Waals surface area (Å²) in [6, 6.07) is 14.8. The zero-order valence-corrected chi connectivity index (χ0v) is 12.4. The van der Waals surface area contributed by atoms with Gasteiger partial charge in [0.05, 0.1) is 0 Å². The van der Waals surface area contributed by atoms with Crippen molar-refractivity contribution in [3.05, 3.63) is 66.0 Å². The number of nitrogens with zero attached hydrogens (tertiary/aromatic N) is 1. The van der Waals surface area contributed by atoms with Crippen molar-refractivity contribution < 1.29 is 4.79 Å². The standard InChI is InChI=1S/C19H23NO/c21-15-8-3-1-2-7-13-19(17-10-5-4-6-11-17)18-12-9-14-20-16-18/h4-6,9-12,14-16,19H,1-3,7-8,13H2. The average Bonchev–Trinajstić information content (AvgIpc) is 2.56. The summed E-state index contributed by atoms with van der Waals surface area (Å²) in [6.07, 6.45) is 11.2. The van der Waals surface area contributed by atoms with Crippen LogP contribution in [0, 0.1) is 0 Å². The Bertz CT molecular complexity index is 470. The normalized spacial score (nSPS) is 12.0. The van der Waals surface area contributed by atoms with Crippen LogP contribution in [0.3, 0.4) is 0 Å². The summed E-state index contributed by atoms with van der Waals surface area (Å²) in [7, 11) is 0. The number of carbonyl (C=O) groups is 1. The first-order valence-corrected chi connectivity index (χ1v) is 7.80. The molecule has 0 bridgehead atoms. The van der Waals surface area contributed by atoms with E-state index in [9.17, 15) is 4.79 Å². The molecule has 0 saturated carbocycles. The number of benzene rings is 1. The molecule has 2 rings (SSSR count). The Morgan fingerprint density at radius 2 is 1.67 bits per heavy atom. The quantitative estimate of drug-likeness (QED) is 0.490. The lowest BCUT2D eigenvalue weighted by Crippen LogP contribution is -2.01. The first-order valence-electron chi connectivity index (χ1n) is 7.80. The van der Waals surface area contributed by atoms with Crippen molar-refractivity contribution in [2.45, 2.75) is 44.4 Å². The number of hydrogen-bond donors (Lipinski definition) is 0.